The molecule has 0 spiro atoms. The number of ether oxygens (including phenoxy) is 2. The highest BCUT2D eigenvalue weighted by Crippen LogP contribution is 2.24. The molecule has 0 fully saturated rings. The minimum absolute atomic E-state index is 0.0813. The van der Waals surface area contributed by atoms with Gasteiger partial charge in [0.05, 0.1) is 5.69 Å². The minimum atomic E-state index is -0.937. The summed E-state index contributed by atoms with van der Waals surface area (Å²) in [5, 5.41) is 4.13. The zero-order valence-corrected chi connectivity index (χ0v) is 16.5. The molecule has 154 valence electrons. The fraction of sp³-hybridized carbons (Fsp3) is 0.286. The number of aryl methyl sites for hydroxylation is 1. The molecule has 0 aliphatic carbocycles. The Morgan fingerprint density at radius 3 is 2.48 bits per heavy atom. The van der Waals surface area contributed by atoms with E-state index in [0.29, 0.717) is 11.7 Å². The lowest BCUT2D eigenvalue weighted by Gasteiger charge is -2.12. The predicted molar refractivity (Wildman–Crippen MR) is 105 cm³/mol. The molecule has 2 N–H and O–H groups in total. The van der Waals surface area contributed by atoms with Crippen LogP contribution in [0.25, 0.3) is 0 Å². The number of urea groups is 1. The van der Waals surface area contributed by atoms with Gasteiger partial charge in [0.15, 0.2) is 13.2 Å². The number of imide groups is 1. The summed E-state index contributed by atoms with van der Waals surface area (Å²) < 4.78 is 23.7. The maximum atomic E-state index is 13.5. The van der Waals surface area contributed by atoms with Gasteiger partial charge < -0.3 is 14.8 Å². The highest BCUT2D eigenvalue weighted by atomic mass is 19.1. The summed E-state index contributed by atoms with van der Waals surface area (Å²) in [5.74, 6) is -1.39. The molecule has 0 aromatic heterocycles. The number of hydrogen-bond donors (Lipinski definition) is 2. The quantitative estimate of drug-likeness (QED) is 0.691. The van der Waals surface area contributed by atoms with Gasteiger partial charge >= 0.3 is 12.0 Å². The number of anilines is 1. The molecule has 2 rings (SSSR count). The van der Waals surface area contributed by atoms with Gasteiger partial charge in [0, 0.05) is 0 Å². The molecule has 0 atom stereocenters. The Bertz CT molecular complexity index is 898. The summed E-state index contributed by atoms with van der Waals surface area (Å²) in [6.07, 6.45) is 0. The van der Waals surface area contributed by atoms with Gasteiger partial charge in [-0.05, 0) is 42.2 Å². The lowest BCUT2D eigenvalue weighted by atomic mass is 10.0. The first-order valence-corrected chi connectivity index (χ1v) is 9.00. The van der Waals surface area contributed by atoms with Gasteiger partial charge in [0.2, 0.25) is 0 Å². The molecule has 2 aromatic rings. The zero-order chi connectivity index (χ0) is 21.4. The topological polar surface area (TPSA) is 93.7 Å². The van der Waals surface area contributed by atoms with E-state index < -0.39 is 30.3 Å². The number of nitrogens with one attached hydrogen (secondary N) is 2. The van der Waals surface area contributed by atoms with E-state index in [4.69, 9.17) is 9.47 Å². The Balaban J connectivity index is 1.76. The van der Waals surface area contributed by atoms with Crippen molar-refractivity contribution in [1.82, 2.24) is 5.32 Å². The van der Waals surface area contributed by atoms with Crippen LogP contribution in [0.3, 0.4) is 0 Å². The molecule has 0 saturated heterocycles. The average molecular weight is 402 g/mol. The zero-order valence-electron chi connectivity index (χ0n) is 16.5. The van der Waals surface area contributed by atoms with Crippen LogP contribution >= 0.6 is 0 Å². The number of hydrogen-bond acceptors (Lipinski definition) is 5. The van der Waals surface area contributed by atoms with E-state index >= 15 is 0 Å². The summed E-state index contributed by atoms with van der Waals surface area (Å²) in [6, 6.07) is 10.3. The third-order valence-electron chi connectivity index (χ3n) is 3.96. The van der Waals surface area contributed by atoms with Crippen molar-refractivity contribution in [3.8, 4) is 5.75 Å². The number of benzene rings is 2. The van der Waals surface area contributed by atoms with Crippen molar-refractivity contribution in [1.29, 1.82) is 0 Å². The van der Waals surface area contributed by atoms with Gasteiger partial charge in [-0.15, -0.1) is 0 Å². The van der Waals surface area contributed by atoms with Crippen molar-refractivity contribution in [3.63, 3.8) is 0 Å². The van der Waals surface area contributed by atoms with Gasteiger partial charge in [-0.25, -0.2) is 14.0 Å². The van der Waals surface area contributed by atoms with Crippen LogP contribution < -0.4 is 15.4 Å². The third kappa shape index (κ3) is 6.91. The smallest absolute Gasteiger partial charge is 0.344 e. The second-order valence-electron chi connectivity index (χ2n) is 6.61. The van der Waals surface area contributed by atoms with Crippen LogP contribution in [-0.4, -0.2) is 31.1 Å². The molecule has 0 heterocycles. The average Bonchev–Trinajstić information content (AvgIpc) is 2.67. The number of carbonyl (C=O) groups excluding carboxylic acids is 3. The Morgan fingerprint density at radius 2 is 1.79 bits per heavy atom. The summed E-state index contributed by atoms with van der Waals surface area (Å²) >= 11 is 0. The van der Waals surface area contributed by atoms with Gasteiger partial charge in [-0.3, -0.25) is 10.1 Å². The predicted octanol–water partition coefficient (Wildman–Crippen LogP) is 3.53. The van der Waals surface area contributed by atoms with E-state index in [1.807, 2.05) is 44.3 Å². The second kappa shape index (κ2) is 10.2. The SMILES string of the molecule is Cc1ccc(C(C)C)cc1OCC(=O)OCC(=O)NC(=O)Nc1ccccc1F. The molecule has 7 nitrogen and oxygen atoms in total. The molecule has 2 aromatic carbocycles. The Labute approximate surface area is 168 Å². The van der Waals surface area contributed by atoms with Gasteiger partial charge in [0.25, 0.3) is 5.91 Å². The molecular formula is C21H23FN2O5. The summed E-state index contributed by atoms with van der Waals surface area (Å²) in [4.78, 5) is 35.2. The molecule has 0 saturated carbocycles. The van der Waals surface area contributed by atoms with Crippen LogP contribution in [0, 0.1) is 12.7 Å². The van der Waals surface area contributed by atoms with E-state index in [1.165, 1.54) is 18.2 Å². The molecule has 29 heavy (non-hydrogen) atoms. The normalized spacial score (nSPS) is 10.4. The van der Waals surface area contributed by atoms with Crippen LogP contribution in [0.2, 0.25) is 0 Å². The largest absolute Gasteiger partial charge is 0.482 e. The molecule has 0 aliphatic rings. The molecule has 3 amide bonds. The molecular weight excluding hydrogens is 379 g/mol. The number of amides is 3. The number of carbonyl (C=O) groups is 3. The fourth-order valence-electron chi connectivity index (χ4n) is 2.33. The minimum Gasteiger partial charge on any atom is -0.482 e. The van der Waals surface area contributed by atoms with Crippen LogP contribution in [0.15, 0.2) is 42.5 Å². The monoisotopic (exact) mass is 402 g/mol. The molecule has 0 unspecified atom stereocenters. The maximum absolute atomic E-state index is 13.5. The number of halogens is 1. The van der Waals surface area contributed by atoms with Crippen LogP contribution in [-0.2, 0) is 14.3 Å². The highest BCUT2D eigenvalue weighted by Gasteiger charge is 2.13. The standard InChI is InChI=1S/C21H23FN2O5/c1-13(2)15-9-8-14(3)18(10-15)28-12-20(26)29-11-19(25)24-21(27)23-17-7-5-4-6-16(17)22/h4-10,13H,11-12H2,1-3H3,(H2,23,24,25,27). The van der Waals surface area contributed by atoms with Crippen molar-refractivity contribution in [3.05, 3.63) is 59.4 Å². The Morgan fingerprint density at radius 1 is 1.07 bits per heavy atom. The first-order valence-electron chi connectivity index (χ1n) is 9.00. The van der Waals surface area contributed by atoms with E-state index in [1.54, 1.807) is 0 Å². The van der Waals surface area contributed by atoms with Gasteiger partial charge in [0.1, 0.15) is 11.6 Å². The summed E-state index contributed by atoms with van der Waals surface area (Å²) in [7, 11) is 0. The van der Waals surface area contributed by atoms with Gasteiger partial charge in [-0.1, -0.05) is 38.1 Å². The second-order valence-corrected chi connectivity index (χ2v) is 6.61. The fourth-order valence-corrected chi connectivity index (χ4v) is 2.33. The van der Waals surface area contributed by atoms with E-state index in [2.05, 4.69) is 5.32 Å². The van der Waals surface area contributed by atoms with Crippen molar-refractivity contribution >= 4 is 23.6 Å². The van der Waals surface area contributed by atoms with Crippen LogP contribution in [0.4, 0.5) is 14.9 Å². The summed E-state index contributed by atoms with van der Waals surface area (Å²) in [5.41, 5.74) is 1.85. The number of para-hydroxylation sites is 1. The van der Waals surface area contributed by atoms with Crippen molar-refractivity contribution in [2.45, 2.75) is 26.7 Å². The lowest BCUT2D eigenvalue weighted by Crippen LogP contribution is -2.37. The Kier molecular flexibility index (Phi) is 7.70. The van der Waals surface area contributed by atoms with Crippen molar-refractivity contribution < 1.29 is 28.2 Å². The first kappa shape index (κ1) is 21.9. The molecule has 0 radical (unpaired) electrons. The summed E-state index contributed by atoms with van der Waals surface area (Å²) in [6.45, 7) is 4.90. The van der Waals surface area contributed by atoms with Crippen LogP contribution in [0.1, 0.15) is 30.9 Å². The first-order chi connectivity index (χ1) is 13.8. The van der Waals surface area contributed by atoms with E-state index in [0.717, 1.165) is 17.2 Å². The molecule has 0 aliphatic heterocycles. The maximum Gasteiger partial charge on any atom is 0.344 e. The lowest BCUT2D eigenvalue weighted by molar-refractivity contribution is -0.150. The highest BCUT2D eigenvalue weighted by molar-refractivity contribution is 6.01. The van der Waals surface area contributed by atoms with Gasteiger partial charge in [-0.2, -0.15) is 0 Å². The van der Waals surface area contributed by atoms with Crippen LogP contribution in [0.5, 0.6) is 5.75 Å². The van der Waals surface area contributed by atoms with Crippen molar-refractivity contribution in [2.24, 2.45) is 0 Å². The third-order valence-corrected chi connectivity index (χ3v) is 3.96. The molecule has 0 bridgehead atoms. The Hall–Kier alpha value is -3.42. The van der Waals surface area contributed by atoms with E-state index in [9.17, 15) is 18.8 Å². The van der Waals surface area contributed by atoms with Crippen molar-refractivity contribution in [2.75, 3.05) is 18.5 Å². The van der Waals surface area contributed by atoms with E-state index in [-0.39, 0.29) is 12.3 Å². The molecule has 8 heteroatoms. The number of rotatable bonds is 7. The number of esters is 1.